The van der Waals surface area contributed by atoms with Crippen LogP contribution < -0.4 is 6.54 Å². The van der Waals surface area contributed by atoms with Gasteiger partial charge in [-0.05, 0) is 0 Å². The number of fused-ring (bicyclic) bond motifs is 3. The zero-order chi connectivity index (χ0) is 49.8. The Hall–Kier alpha value is -5.16. The third-order valence-electron chi connectivity index (χ3n) is 14.1. The molecule has 0 spiro atoms. The summed E-state index contributed by atoms with van der Waals surface area (Å²) in [5.41, 5.74) is -2.07. The van der Waals surface area contributed by atoms with E-state index >= 15 is 52.7 Å². The minimum atomic E-state index is -7.33. The van der Waals surface area contributed by atoms with E-state index in [0.29, 0.717) is 68.8 Å². The molecule has 13 heteroatoms. The van der Waals surface area contributed by atoms with Gasteiger partial charge in [0.15, 0.2) is 0 Å². The Labute approximate surface area is 388 Å². The molecule has 0 nitrogen and oxygen atoms in total. The summed E-state index contributed by atoms with van der Waals surface area (Å²) in [6, 6.07) is 27.8. The number of halogens is 12. The fourth-order valence-corrected chi connectivity index (χ4v) is 29.0. The molecule has 0 heterocycles. The third kappa shape index (κ3) is 8.32. The monoisotopic (exact) mass is 1030 g/mol. The predicted octanol–water partition coefficient (Wildman–Crippen LogP) is 17.0. The second-order valence-corrected chi connectivity index (χ2v) is 35.3. The van der Waals surface area contributed by atoms with Gasteiger partial charge in [-0.15, -0.1) is 0 Å². The Balaban J connectivity index is 1.72. The Morgan fingerprint density at radius 3 is 1.04 bits per heavy atom. The van der Waals surface area contributed by atoms with Gasteiger partial charge in [0.05, 0.1) is 0 Å². The SMILES string of the molecule is CC(C)(C)c1cc2c(cc1-c1ccccc1)[CH]([Zr]([CH3])([C]1=CC=CC1)([c]1cc(C(F)(F)F)cc(C(F)(F)F)c1)[c]1cc(C(F)(F)F)cc(C(F)(F)F)c1)c1cc(-c3ccccc3)c(C(C)(C)C)cc1-2. The predicted molar refractivity (Wildman–Crippen MR) is 242 cm³/mol. The molecule has 2 aliphatic carbocycles. The molecule has 0 amide bonds. The second kappa shape index (κ2) is 16.2. The van der Waals surface area contributed by atoms with Crippen molar-refractivity contribution < 1.29 is 71.5 Å². The Morgan fingerprint density at radius 1 is 0.426 bits per heavy atom. The van der Waals surface area contributed by atoms with Crippen LogP contribution in [0.1, 0.15) is 96.1 Å². The van der Waals surface area contributed by atoms with Crippen LogP contribution in [0.5, 0.6) is 0 Å². The van der Waals surface area contributed by atoms with Crippen molar-refractivity contribution in [2.45, 2.75) is 91.8 Å². The van der Waals surface area contributed by atoms with E-state index in [-0.39, 0.29) is 21.8 Å². The van der Waals surface area contributed by atoms with Crippen LogP contribution in [0, 0.1) is 0 Å². The zero-order valence-corrected chi connectivity index (χ0v) is 40.6. The number of alkyl halides is 12. The summed E-state index contributed by atoms with van der Waals surface area (Å²) >= 11 is -7.33. The molecule has 2 aliphatic rings. The van der Waals surface area contributed by atoms with Gasteiger partial charge in [-0.2, -0.15) is 0 Å². The van der Waals surface area contributed by atoms with Crippen LogP contribution in [-0.2, 0) is 54.3 Å². The molecule has 355 valence electrons. The van der Waals surface area contributed by atoms with Gasteiger partial charge >= 0.3 is 390 Å². The van der Waals surface area contributed by atoms with Crippen molar-refractivity contribution in [2.24, 2.45) is 0 Å². The van der Waals surface area contributed by atoms with Crippen molar-refractivity contribution in [2.75, 3.05) is 0 Å². The van der Waals surface area contributed by atoms with Gasteiger partial charge in [0.2, 0.25) is 0 Å². The van der Waals surface area contributed by atoms with Gasteiger partial charge in [0.25, 0.3) is 0 Å². The van der Waals surface area contributed by atoms with E-state index in [1.807, 2.05) is 90.1 Å². The van der Waals surface area contributed by atoms with Crippen LogP contribution in [0.15, 0.2) is 143 Å². The summed E-state index contributed by atoms with van der Waals surface area (Å²) in [6.45, 7) is 11.9. The summed E-state index contributed by atoms with van der Waals surface area (Å²) in [5, 5.41) is 0. The third-order valence-corrected chi connectivity index (χ3v) is 32.9. The molecule has 0 unspecified atom stereocenters. The van der Waals surface area contributed by atoms with Gasteiger partial charge in [0.1, 0.15) is 0 Å². The Morgan fingerprint density at radius 2 is 0.765 bits per heavy atom. The topological polar surface area (TPSA) is 0 Å². The van der Waals surface area contributed by atoms with Gasteiger partial charge in [-0.25, -0.2) is 0 Å². The van der Waals surface area contributed by atoms with Crippen molar-refractivity contribution in [1.29, 1.82) is 0 Å². The molecule has 0 aliphatic heterocycles. The molecule has 6 aromatic carbocycles. The fraction of sp³-hybridized carbons (Fsp3) is 0.273. The number of hydrogen-bond donors (Lipinski definition) is 0. The molecule has 0 saturated heterocycles. The first kappa shape index (κ1) is 49.3. The van der Waals surface area contributed by atoms with E-state index in [0.717, 1.165) is 11.1 Å². The van der Waals surface area contributed by atoms with Crippen LogP contribution in [-0.4, -0.2) is 0 Å². The molecule has 0 radical (unpaired) electrons. The molecule has 68 heavy (non-hydrogen) atoms. The average Bonchev–Trinajstić information content (AvgIpc) is 3.92. The van der Waals surface area contributed by atoms with Crippen LogP contribution in [0.2, 0.25) is 4.63 Å². The fourth-order valence-electron chi connectivity index (χ4n) is 10.7. The standard InChI is InChI=1S/C33H33.2C8H3F6.C5H5.CH3.Zr/c1-32(2,3)30-20-26-24(18-28(30)22-13-9-7-10-14-22)17-25-19-29(23-15-11-8-12-16-23)31(21-27(25)26)33(4,5)6;2*9-7(10,11)5-2-1-3-6(4-5)8(12,13)14;1-2-4-5-3-1;;/h7-21H,1-6H3;2*2-4H;1-3H,4H2;1H3;. The summed E-state index contributed by atoms with van der Waals surface area (Å²) in [6.07, 6.45) is -17.3. The normalized spacial score (nSPS) is 15.5. The van der Waals surface area contributed by atoms with E-state index in [1.54, 1.807) is 42.5 Å². The van der Waals surface area contributed by atoms with E-state index in [4.69, 9.17) is 0 Å². The van der Waals surface area contributed by atoms with Gasteiger partial charge in [-0.1, -0.05) is 0 Å². The summed E-state index contributed by atoms with van der Waals surface area (Å²) in [7, 11) is 0. The quantitative estimate of drug-likeness (QED) is 0.146. The van der Waals surface area contributed by atoms with Crippen molar-refractivity contribution in [1.82, 2.24) is 0 Å². The van der Waals surface area contributed by atoms with Crippen molar-refractivity contribution in [3.63, 3.8) is 0 Å². The summed E-state index contributed by atoms with van der Waals surface area (Å²) < 4.78 is 182. The molecular weight excluding hydrogens is 980 g/mol. The molecule has 8 rings (SSSR count). The average molecular weight is 1030 g/mol. The first-order valence-electron chi connectivity index (χ1n) is 21.9. The van der Waals surface area contributed by atoms with Crippen LogP contribution in [0.3, 0.4) is 0 Å². The molecular formula is C55H47F12Zr. The van der Waals surface area contributed by atoms with Crippen LogP contribution >= 0.6 is 0 Å². The first-order chi connectivity index (χ1) is 31.3. The molecule has 0 aromatic heterocycles. The molecule has 0 N–H and O–H groups in total. The van der Waals surface area contributed by atoms with Crippen LogP contribution in [0.4, 0.5) is 52.7 Å². The van der Waals surface area contributed by atoms with E-state index in [9.17, 15) is 0 Å². The number of allylic oxidation sites excluding steroid dienone is 4. The zero-order valence-electron chi connectivity index (χ0n) is 38.1. The summed E-state index contributed by atoms with van der Waals surface area (Å²) in [5.74, 6) is 0. The van der Waals surface area contributed by atoms with E-state index < -0.39 is 86.7 Å². The summed E-state index contributed by atoms with van der Waals surface area (Å²) in [4.78, 5) is 0. The van der Waals surface area contributed by atoms with E-state index in [2.05, 4.69) is 0 Å². The van der Waals surface area contributed by atoms with Gasteiger partial charge in [0, 0.05) is 0 Å². The van der Waals surface area contributed by atoms with Crippen molar-refractivity contribution >= 4 is 6.54 Å². The molecule has 0 fully saturated rings. The Bertz CT molecular complexity index is 2760. The molecule has 0 bridgehead atoms. The number of hydrogen-bond acceptors (Lipinski definition) is 0. The van der Waals surface area contributed by atoms with Gasteiger partial charge < -0.3 is 0 Å². The number of benzene rings is 6. The van der Waals surface area contributed by atoms with Crippen LogP contribution in [0.25, 0.3) is 33.4 Å². The maximum absolute atomic E-state index is 15.2. The van der Waals surface area contributed by atoms with E-state index in [1.165, 1.54) is 16.8 Å². The van der Waals surface area contributed by atoms with Crippen molar-refractivity contribution in [3.8, 4) is 33.4 Å². The van der Waals surface area contributed by atoms with Gasteiger partial charge in [-0.3, -0.25) is 0 Å². The van der Waals surface area contributed by atoms with Crippen molar-refractivity contribution in [3.05, 3.63) is 187 Å². The molecule has 6 aromatic rings. The molecule has 0 saturated carbocycles. The maximum atomic E-state index is 15.2. The first-order valence-corrected chi connectivity index (χ1v) is 29.5. The second-order valence-electron chi connectivity index (χ2n) is 20.4. The number of rotatable bonds is 6. The molecule has 0 atom stereocenters. The minimum absolute atomic E-state index is 0.0548. The Kier molecular flexibility index (Phi) is 11.7.